The molecular weight excluding hydrogens is 310 g/mol. The topological polar surface area (TPSA) is 58.5 Å². The van der Waals surface area contributed by atoms with Crippen LogP contribution >= 0.6 is 15.9 Å². The van der Waals surface area contributed by atoms with Crippen LogP contribution in [0.25, 0.3) is 0 Å². The second kappa shape index (κ2) is 6.41. The summed E-state index contributed by atoms with van der Waals surface area (Å²) in [6, 6.07) is 7.58. The van der Waals surface area contributed by atoms with Crippen molar-refractivity contribution in [2.75, 3.05) is 0 Å². The van der Waals surface area contributed by atoms with Gasteiger partial charge in [-0.25, -0.2) is 0 Å². The summed E-state index contributed by atoms with van der Waals surface area (Å²) in [5.41, 5.74) is 0. The van der Waals surface area contributed by atoms with Gasteiger partial charge in [-0.1, -0.05) is 0 Å². The predicted molar refractivity (Wildman–Crippen MR) is 75.7 cm³/mol. The Morgan fingerprint density at radius 2 is 2.05 bits per heavy atom. The van der Waals surface area contributed by atoms with Crippen molar-refractivity contribution in [2.45, 2.75) is 38.5 Å². The van der Waals surface area contributed by atoms with Crippen molar-refractivity contribution >= 4 is 15.9 Å². The molecule has 0 unspecified atom stereocenters. The van der Waals surface area contributed by atoms with Gasteiger partial charge in [-0.2, -0.15) is 0 Å². The Labute approximate surface area is 120 Å². The molecule has 0 saturated heterocycles. The monoisotopic (exact) mass is 327 g/mol. The summed E-state index contributed by atoms with van der Waals surface area (Å²) in [4.78, 5) is 0. The van der Waals surface area contributed by atoms with Crippen LogP contribution in [0.2, 0.25) is 0 Å². The number of aliphatic hydroxyl groups excluding tert-OH is 1. The first-order chi connectivity index (χ1) is 9.06. The van der Waals surface area contributed by atoms with E-state index in [1.54, 1.807) is 18.4 Å². The molecule has 3 atom stereocenters. The summed E-state index contributed by atoms with van der Waals surface area (Å²) in [5.74, 6) is 1.47. The van der Waals surface area contributed by atoms with Crippen LogP contribution in [0.3, 0.4) is 0 Å². The molecule has 0 aliphatic heterocycles. The first-order valence-electron chi connectivity index (χ1n) is 6.29. The zero-order valence-electron chi connectivity index (χ0n) is 11.0. The molecule has 104 valence electrons. The van der Waals surface area contributed by atoms with E-state index in [0.717, 1.165) is 10.4 Å². The summed E-state index contributed by atoms with van der Waals surface area (Å²) in [6.07, 6.45) is 1.56. The Bertz CT molecular complexity index is 495. The summed E-state index contributed by atoms with van der Waals surface area (Å²) in [6.45, 7) is 4.06. The molecule has 0 spiro atoms. The number of aliphatic hydroxyl groups is 1. The van der Waals surface area contributed by atoms with Gasteiger partial charge >= 0.3 is 0 Å². The molecule has 0 fully saturated rings. The maximum atomic E-state index is 10.0. The average molecular weight is 328 g/mol. The Morgan fingerprint density at radius 1 is 1.26 bits per heavy atom. The second-order valence-corrected chi connectivity index (χ2v) is 5.48. The number of furan rings is 2. The molecule has 2 aromatic rings. The highest BCUT2D eigenvalue weighted by Crippen LogP contribution is 2.23. The normalized spacial score (nSPS) is 16.2. The first kappa shape index (κ1) is 14.4. The molecule has 0 aliphatic rings. The van der Waals surface area contributed by atoms with E-state index in [2.05, 4.69) is 21.2 Å². The number of halogens is 1. The number of rotatable bonds is 6. The van der Waals surface area contributed by atoms with Crippen molar-refractivity contribution in [3.8, 4) is 0 Å². The van der Waals surface area contributed by atoms with Gasteiger partial charge in [0.25, 0.3) is 0 Å². The van der Waals surface area contributed by atoms with Crippen molar-refractivity contribution in [1.29, 1.82) is 0 Å². The molecule has 2 rings (SSSR count). The van der Waals surface area contributed by atoms with Gasteiger partial charge in [-0.3, -0.25) is 0 Å². The fraction of sp³-hybridized carbons (Fsp3) is 0.429. The Kier molecular flexibility index (Phi) is 4.85. The van der Waals surface area contributed by atoms with E-state index in [-0.39, 0.29) is 12.1 Å². The molecule has 2 heterocycles. The molecule has 0 amide bonds. The molecule has 0 bridgehead atoms. The lowest BCUT2D eigenvalue weighted by molar-refractivity contribution is 0.126. The number of hydrogen-bond donors (Lipinski definition) is 2. The van der Waals surface area contributed by atoms with Crippen LogP contribution in [0.5, 0.6) is 0 Å². The number of hydrogen-bond acceptors (Lipinski definition) is 4. The lowest BCUT2D eigenvalue weighted by atomic mass is 10.1. The van der Waals surface area contributed by atoms with Crippen LogP contribution in [-0.2, 0) is 0 Å². The maximum Gasteiger partial charge on any atom is 0.169 e. The average Bonchev–Trinajstić information content (AvgIpc) is 2.98. The molecule has 2 aromatic heterocycles. The summed E-state index contributed by atoms with van der Waals surface area (Å²) >= 11 is 3.29. The van der Waals surface area contributed by atoms with E-state index in [0.29, 0.717) is 12.2 Å². The van der Waals surface area contributed by atoms with Crippen molar-refractivity contribution in [2.24, 2.45) is 0 Å². The number of nitrogens with one attached hydrogen (secondary N) is 1. The van der Waals surface area contributed by atoms with Crippen LogP contribution in [0, 0.1) is 0 Å². The Morgan fingerprint density at radius 3 is 2.63 bits per heavy atom. The van der Waals surface area contributed by atoms with Crippen LogP contribution < -0.4 is 5.32 Å². The van der Waals surface area contributed by atoms with E-state index in [4.69, 9.17) is 8.83 Å². The van der Waals surface area contributed by atoms with Crippen LogP contribution in [0.15, 0.2) is 44.0 Å². The van der Waals surface area contributed by atoms with Crippen LogP contribution in [0.4, 0.5) is 0 Å². The van der Waals surface area contributed by atoms with Gasteiger partial charge in [0.2, 0.25) is 0 Å². The summed E-state index contributed by atoms with van der Waals surface area (Å²) in [7, 11) is 0. The third-order valence-electron chi connectivity index (χ3n) is 3.00. The van der Waals surface area contributed by atoms with E-state index in [9.17, 15) is 5.11 Å². The molecule has 0 radical (unpaired) electrons. The quantitative estimate of drug-likeness (QED) is 0.847. The first-order valence-corrected chi connectivity index (χ1v) is 7.08. The smallest absolute Gasteiger partial charge is 0.169 e. The molecule has 5 heteroatoms. The van der Waals surface area contributed by atoms with Crippen LogP contribution in [-0.4, -0.2) is 11.1 Å². The zero-order chi connectivity index (χ0) is 13.8. The van der Waals surface area contributed by atoms with Crippen molar-refractivity contribution < 1.29 is 13.9 Å². The predicted octanol–water partition coefficient (Wildman–Crippen LogP) is 3.80. The molecule has 0 saturated carbocycles. The second-order valence-electron chi connectivity index (χ2n) is 4.70. The van der Waals surface area contributed by atoms with Crippen molar-refractivity contribution in [3.05, 3.63) is 46.7 Å². The molecule has 2 N–H and O–H groups in total. The van der Waals surface area contributed by atoms with E-state index in [1.807, 2.05) is 26.0 Å². The standard InChI is InChI=1S/C14H18BrNO3/c1-9(8-11(17)13-4-3-7-18-13)16-10(2)12-5-6-14(15)19-12/h3-7,9-11,16-17H,8H2,1-2H3/t9-,10+,11+/m1/s1. The molecule has 4 nitrogen and oxygen atoms in total. The maximum absolute atomic E-state index is 10.0. The minimum Gasteiger partial charge on any atom is -0.467 e. The highest BCUT2D eigenvalue weighted by molar-refractivity contribution is 9.10. The van der Waals surface area contributed by atoms with Gasteiger partial charge in [0.1, 0.15) is 17.6 Å². The summed E-state index contributed by atoms with van der Waals surface area (Å²) in [5, 5.41) is 13.4. The Hall–Kier alpha value is -1.04. The van der Waals surface area contributed by atoms with Crippen molar-refractivity contribution in [1.82, 2.24) is 5.32 Å². The van der Waals surface area contributed by atoms with E-state index < -0.39 is 6.10 Å². The van der Waals surface area contributed by atoms with E-state index in [1.165, 1.54) is 0 Å². The fourth-order valence-electron chi connectivity index (χ4n) is 2.07. The Balaban J connectivity index is 1.85. The van der Waals surface area contributed by atoms with Crippen molar-refractivity contribution in [3.63, 3.8) is 0 Å². The molecular formula is C14H18BrNO3. The SMILES string of the molecule is C[C@H](C[C@H](O)c1ccco1)N[C@@H](C)c1ccc(Br)o1. The molecule has 0 aromatic carbocycles. The summed E-state index contributed by atoms with van der Waals surface area (Å²) < 4.78 is 11.4. The lowest BCUT2D eigenvalue weighted by Gasteiger charge is -2.20. The van der Waals surface area contributed by atoms with Crippen LogP contribution in [0.1, 0.15) is 43.9 Å². The third-order valence-corrected chi connectivity index (χ3v) is 3.43. The molecule has 19 heavy (non-hydrogen) atoms. The third kappa shape index (κ3) is 3.96. The van der Waals surface area contributed by atoms with Gasteiger partial charge < -0.3 is 19.3 Å². The van der Waals surface area contributed by atoms with Gasteiger partial charge in [-0.05, 0) is 60.5 Å². The largest absolute Gasteiger partial charge is 0.467 e. The molecule has 0 aliphatic carbocycles. The van der Waals surface area contributed by atoms with E-state index >= 15 is 0 Å². The fourth-order valence-corrected chi connectivity index (χ4v) is 2.39. The van der Waals surface area contributed by atoms with Gasteiger partial charge in [0.05, 0.1) is 12.3 Å². The van der Waals surface area contributed by atoms with Gasteiger partial charge in [-0.15, -0.1) is 0 Å². The highest BCUT2D eigenvalue weighted by Gasteiger charge is 2.18. The van der Waals surface area contributed by atoms with Gasteiger partial charge in [0, 0.05) is 6.04 Å². The van der Waals surface area contributed by atoms with Gasteiger partial charge in [0.15, 0.2) is 4.67 Å². The highest BCUT2D eigenvalue weighted by atomic mass is 79.9. The lowest BCUT2D eigenvalue weighted by Crippen LogP contribution is -2.30. The minimum absolute atomic E-state index is 0.0881. The minimum atomic E-state index is -0.590. The zero-order valence-corrected chi connectivity index (χ0v) is 12.6.